The number of benzene rings is 1. The van der Waals surface area contributed by atoms with Crippen molar-refractivity contribution in [3.05, 3.63) is 30.1 Å². The van der Waals surface area contributed by atoms with Crippen LogP contribution in [0.5, 0.6) is 0 Å². The molecule has 2 aliphatic heterocycles. The number of amides is 1. The Morgan fingerprint density at radius 1 is 1.20 bits per heavy atom. The van der Waals surface area contributed by atoms with E-state index >= 15 is 0 Å². The molecule has 3 fully saturated rings. The van der Waals surface area contributed by atoms with Gasteiger partial charge >= 0.3 is 0 Å². The zero-order valence-corrected chi connectivity index (χ0v) is 14.7. The highest BCUT2D eigenvalue weighted by molar-refractivity contribution is 5.82. The molecule has 2 heterocycles. The molecule has 5 heteroatoms. The number of halogens is 1. The monoisotopic (exact) mass is 345 g/mol. The Bertz CT molecular complexity index is 609. The maximum atomic E-state index is 13.5. The number of fused-ring (bicyclic) bond motifs is 1. The van der Waals surface area contributed by atoms with Crippen LogP contribution in [0, 0.1) is 11.7 Å². The highest BCUT2D eigenvalue weighted by Gasteiger charge is 2.38. The Labute approximate surface area is 149 Å². The molecule has 0 spiro atoms. The van der Waals surface area contributed by atoms with Crippen LogP contribution in [-0.2, 0) is 4.79 Å². The van der Waals surface area contributed by atoms with Gasteiger partial charge in [-0.25, -0.2) is 4.39 Å². The number of hydrogen-bond donors (Lipinski definition) is 2. The lowest BCUT2D eigenvalue weighted by Gasteiger charge is -2.35. The minimum absolute atomic E-state index is 0.0300. The van der Waals surface area contributed by atoms with E-state index in [2.05, 4.69) is 15.5 Å². The molecule has 2 N–H and O–H groups in total. The van der Waals surface area contributed by atoms with Crippen LogP contribution in [0.15, 0.2) is 24.3 Å². The standard InChI is InChI=1S/C20H28FN3O/c21-15-6-3-8-17(12-15)24-10-4-7-16(13-24)22-20(25)19-11-14-5-1-2-9-18(14)23-19/h3,6,8,12,14,16,18-19,23H,1-2,4-5,7,9-11,13H2,(H,22,25). The predicted molar refractivity (Wildman–Crippen MR) is 97.1 cm³/mol. The number of nitrogens with zero attached hydrogens (tertiary/aromatic N) is 1. The van der Waals surface area contributed by atoms with Crippen molar-refractivity contribution in [1.29, 1.82) is 0 Å². The van der Waals surface area contributed by atoms with Crippen molar-refractivity contribution in [1.82, 2.24) is 10.6 Å². The summed E-state index contributed by atoms with van der Waals surface area (Å²) in [7, 11) is 0. The third kappa shape index (κ3) is 3.81. The van der Waals surface area contributed by atoms with Crippen molar-refractivity contribution in [2.24, 2.45) is 5.92 Å². The van der Waals surface area contributed by atoms with E-state index < -0.39 is 0 Å². The molecule has 4 atom stereocenters. The van der Waals surface area contributed by atoms with Crippen molar-refractivity contribution < 1.29 is 9.18 Å². The molecule has 0 radical (unpaired) electrons. The fourth-order valence-corrected chi connectivity index (χ4v) is 4.83. The molecule has 3 aliphatic rings. The van der Waals surface area contributed by atoms with Gasteiger partial charge in [-0.15, -0.1) is 0 Å². The molecule has 25 heavy (non-hydrogen) atoms. The number of nitrogens with one attached hydrogen (secondary N) is 2. The Morgan fingerprint density at radius 3 is 2.92 bits per heavy atom. The van der Waals surface area contributed by atoms with E-state index in [4.69, 9.17) is 0 Å². The summed E-state index contributed by atoms with van der Waals surface area (Å²) >= 11 is 0. The Hall–Kier alpha value is -1.62. The third-order valence-electron chi connectivity index (χ3n) is 6.12. The second kappa shape index (κ2) is 7.32. The molecule has 4 unspecified atom stereocenters. The number of piperidine rings is 1. The SMILES string of the molecule is O=C(NC1CCCN(c2cccc(F)c2)C1)C1CC2CCCCC2N1. The first kappa shape index (κ1) is 16.8. The summed E-state index contributed by atoms with van der Waals surface area (Å²) in [5.41, 5.74) is 0.906. The average molecular weight is 345 g/mol. The first-order valence-corrected chi connectivity index (χ1v) is 9.76. The Morgan fingerprint density at radius 2 is 2.08 bits per heavy atom. The summed E-state index contributed by atoms with van der Waals surface area (Å²) in [6, 6.07) is 7.39. The summed E-state index contributed by atoms with van der Waals surface area (Å²) in [4.78, 5) is 14.9. The summed E-state index contributed by atoms with van der Waals surface area (Å²) in [6.07, 6.45) is 8.07. The van der Waals surface area contributed by atoms with Gasteiger partial charge in [0.1, 0.15) is 5.82 Å². The van der Waals surface area contributed by atoms with Crippen molar-refractivity contribution in [2.75, 3.05) is 18.0 Å². The normalized spacial score (nSPS) is 32.3. The van der Waals surface area contributed by atoms with Crippen molar-refractivity contribution in [3.8, 4) is 0 Å². The number of rotatable bonds is 3. The molecule has 1 amide bonds. The maximum absolute atomic E-state index is 13.5. The third-order valence-corrected chi connectivity index (χ3v) is 6.12. The molecule has 2 saturated heterocycles. The van der Waals surface area contributed by atoms with Gasteiger partial charge in [-0.2, -0.15) is 0 Å². The fourth-order valence-electron chi connectivity index (χ4n) is 4.83. The first-order chi connectivity index (χ1) is 12.2. The topological polar surface area (TPSA) is 44.4 Å². The van der Waals surface area contributed by atoms with E-state index in [1.807, 2.05) is 6.07 Å². The van der Waals surface area contributed by atoms with E-state index in [0.29, 0.717) is 12.0 Å². The lowest BCUT2D eigenvalue weighted by Crippen LogP contribution is -2.52. The van der Waals surface area contributed by atoms with E-state index in [-0.39, 0.29) is 23.8 Å². The number of carbonyl (C=O) groups excluding carboxylic acids is 1. The van der Waals surface area contributed by atoms with E-state index in [1.54, 1.807) is 12.1 Å². The Kier molecular flexibility index (Phi) is 4.93. The molecule has 0 bridgehead atoms. The summed E-state index contributed by atoms with van der Waals surface area (Å²) in [6.45, 7) is 1.68. The summed E-state index contributed by atoms with van der Waals surface area (Å²) in [5, 5.41) is 6.81. The van der Waals surface area contributed by atoms with Gasteiger partial charge in [0.15, 0.2) is 0 Å². The molecule has 0 aromatic heterocycles. The zero-order chi connectivity index (χ0) is 17.2. The maximum Gasteiger partial charge on any atom is 0.237 e. The van der Waals surface area contributed by atoms with Gasteiger partial charge < -0.3 is 15.5 Å². The van der Waals surface area contributed by atoms with Gasteiger partial charge in [-0.05, 0) is 56.2 Å². The fraction of sp³-hybridized carbons (Fsp3) is 0.650. The smallest absolute Gasteiger partial charge is 0.237 e. The summed E-state index contributed by atoms with van der Waals surface area (Å²) in [5.74, 6) is 0.626. The van der Waals surface area contributed by atoms with Gasteiger partial charge in [0.05, 0.1) is 6.04 Å². The second-order valence-electron chi connectivity index (χ2n) is 7.88. The van der Waals surface area contributed by atoms with Crippen molar-refractivity contribution >= 4 is 11.6 Å². The van der Waals surface area contributed by atoms with Crippen LogP contribution in [0.3, 0.4) is 0 Å². The van der Waals surface area contributed by atoms with Gasteiger partial charge in [0, 0.05) is 30.9 Å². The second-order valence-corrected chi connectivity index (χ2v) is 7.88. The largest absolute Gasteiger partial charge is 0.369 e. The minimum Gasteiger partial charge on any atom is -0.369 e. The molecule has 1 saturated carbocycles. The average Bonchev–Trinajstić information content (AvgIpc) is 3.06. The molecule has 1 aliphatic carbocycles. The van der Waals surface area contributed by atoms with Gasteiger partial charge in [0.2, 0.25) is 5.91 Å². The van der Waals surface area contributed by atoms with E-state index in [1.165, 1.54) is 31.7 Å². The van der Waals surface area contributed by atoms with Crippen LogP contribution in [-0.4, -0.2) is 37.1 Å². The van der Waals surface area contributed by atoms with Gasteiger partial charge in [-0.1, -0.05) is 18.9 Å². The quantitative estimate of drug-likeness (QED) is 0.885. The van der Waals surface area contributed by atoms with Crippen molar-refractivity contribution in [3.63, 3.8) is 0 Å². The molecule has 4 rings (SSSR count). The van der Waals surface area contributed by atoms with Crippen LogP contribution in [0.2, 0.25) is 0 Å². The molecule has 136 valence electrons. The number of anilines is 1. The number of hydrogen-bond acceptors (Lipinski definition) is 3. The molecular formula is C20H28FN3O. The van der Waals surface area contributed by atoms with Crippen LogP contribution in [0.4, 0.5) is 10.1 Å². The number of carbonyl (C=O) groups is 1. The van der Waals surface area contributed by atoms with Gasteiger partial charge in [-0.3, -0.25) is 4.79 Å². The van der Waals surface area contributed by atoms with E-state index in [0.717, 1.165) is 38.0 Å². The Balaban J connectivity index is 1.33. The predicted octanol–water partition coefficient (Wildman–Crippen LogP) is 2.83. The van der Waals surface area contributed by atoms with Crippen LogP contribution < -0.4 is 15.5 Å². The molecule has 1 aromatic carbocycles. The molecular weight excluding hydrogens is 317 g/mol. The van der Waals surface area contributed by atoms with E-state index in [9.17, 15) is 9.18 Å². The lowest BCUT2D eigenvalue weighted by atomic mass is 9.85. The molecule has 4 nitrogen and oxygen atoms in total. The highest BCUT2D eigenvalue weighted by atomic mass is 19.1. The van der Waals surface area contributed by atoms with Crippen molar-refractivity contribution in [2.45, 2.75) is 63.1 Å². The lowest BCUT2D eigenvalue weighted by molar-refractivity contribution is -0.123. The summed E-state index contributed by atoms with van der Waals surface area (Å²) < 4.78 is 13.5. The van der Waals surface area contributed by atoms with Crippen LogP contribution >= 0.6 is 0 Å². The zero-order valence-electron chi connectivity index (χ0n) is 14.7. The van der Waals surface area contributed by atoms with Gasteiger partial charge in [0.25, 0.3) is 0 Å². The molecule has 1 aromatic rings. The highest BCUT2D eigenvalue weighted by Crippen LogP contribution is 2.33. The van der Waals surface area contributed by atoms with Crippen LogP contribution in [0.25, 0.3) is 0 Å². The van der Waals surface area contributed by atoms with Crippen LogP contribution in [0.1, 0.15) is 44.9 Å². The first-order valence-electron chi connectivity index (χ1n) is 9.76. The minimum atomic E-state index is -0.207.